The van der Waals surface area contributed by atoms with Crippen LogP contribution in [0, 0.1) is 5.92 Å². The monoisotopic (exact) mass is 246 g/mol. The Morgan fingerprint density at radius 1 is 1.47 bits per heavy atom. The molecule has 0 saturated carbocycles. The highest BCUT2D eigenvalue weighted by molar-refractivity contribution is 8.06. The first-order chi connectivity index (χ1) is 8.04. The number of thioether (sulfide) groups is 1. The third-order valence-corrected chi connectivity index (χ3v) is 4.01. The summed E-state index contributed by atoms with van der Waals surface area (Å²) >= 11 is 1.80. The molecule has 0 spiro atoms. The minimum atomic E-state index is 0.620. The van der Waals surface area contributed by atoms with Crippen LogP contribution in [-0.4, -0.2) is 0 Å². The number of hydrogen-bond donors (Lipinski definition) is 0. The zero-order chi connectivity index (χ0) is 12.8. The van der Waals surface area contributed by atoms with Crippen LogP contribution in [0.1, 0.15) is 34.1 Å². The molecule has 0 fully saturated rings. The quantitative estimate of drug-likeness (QED) is 0.569. The summed E-state index contributed by atoms with van der Waals surface area (Å²) in [5.41, 5.74) is 3.96. The molecule has 0 amide bonds. The van der Waals surface area contributed by atoms with Crippen LogP contribution in [0.15, 0.2) is 57.9 Å². The lowest BCUT2D eigenvalue weighted by atomic mass is 10.0. The van der Waals surface area contributed by atoms with E-state index in [0.29, 0.717) is 5.92 Å². The Hall–Kier alpha value is -0.950. The fraction of sp³-hybridized carbons (Fsp3) is 0.375. The van der Waals surface area contributed by atoms with E-state index in [1.165, 1.54) is 21.6 Å². The van der Waals surface area contributed by atoms with E-state index in [1.54, 1.807) is 11.8 Å². The van der Waals surface area contributed by atoms with Crippen LogP contribution in [0.3, 0.4) is 0 Å². The molecule has 0 aromatic rings. The fourth-order valence-corrected chi connectivity index (χ4v) is 2.62. The second-order valence-electron chi connectivity index (χ2n) is 4.63. The Morgan fingerprint density at radius 2 is 2.18 bits per heavy atom. The first-order valence-corrected chi connectivity index (χ1v) is 6.94. The third kappa shape index (κ3) is 4.43. The summed E-state index contributed by atoms with van der Waals surface area (Å²) in [6, 6.07) is 0. The van der Waals surface area contributed by atoms with Crippen LogP contribution >= 0.6 is 11.8 Å². The van der Waals surface area contributed by atoms with Crippen molar-refractivity contribution in [1.29, 1.82) is 0 Å². The van der Waals surface area contributed by atoms with E-state index in [1.807, 2.05) is 6.08 Å². The first-order valence-electron chi connectivity index (χ1n) is 6.06. The van der Waals surface area contributed by atoms with Gasteiger partial charge in [-0.2, -0.15) is 0 Å². The molecule has 1 heterocycles. The second-order valence-corrected chi connectivity index (χ2v) is 5.58. The van der Waals surface area contributed by atoms with Crippen LogP contribution in [-0.2, 0) is 0 Å². The fourth-order valence-electron chi connectivity index (χ4n) is 1.53. The highest BCUT2D eigenvalue weighted by Gasteiger charge is 2.05. The summed E-state index contributed by atoms with van der Waals surface area (Å²) in [5.74, 6) is 0.620. The van der Waals surface area contributed by atoms with E-state index in [0.717, 1.165) is 6.42 Å². The SMILES string of the molecule is C=C\C(C)=C/C1=C(C)/C(C)=C/CC(C)/C=C/S1. The maximum Gasteiger partial charge on any atom is 0.0150 e. The van der Waals surface area contributed by atoms with Crippen molar-refractivity contribution in [3.05, 3.63) is 57.9 Å². The molecule has 1 rings (SSSR count). The molecule has 0 saturated heterocycles. The Bertz CT molecular complexity index is 405. The Labute approximate surface area is 110 Å². The third-order valence-electron chi connectivity index (χ3n) is 3.04. The molecular formula is C16H22S. The summed E-state index contributed by atoms with van der Waals surface area (Å²) in [7, 11) is 0. The van der Waals surface area contributed by atoms with Crippen molar-refractivity contribution in [3.8, 4) is 0 Å². The molecule has 0 N–H and O–H groups in total. The van der Waals surface area contributed by atoms with Gasteiger partial charge in [0.1, 0.15) is 0 Å². The summed E-state index contributed by atoms with van der Waals surface area (Å²) < 4.78 is 0. The molecule has 0 bridgehead atoms. The van der Waals surface area contributed by atoms with E-state index < -0.39 is 0 Å². The van der Waals surface area contributed by atoms with Crippen molar-refractivity contribution in [3.63, 3.8) is 0 Å². The van der Waals surface area contributed by atoms with Crippen molar-refractivity contribution in [2.45, 2.75) is 34.1 Å². The van der Waals surface area contributed by atoms with Crippen molar-refractivity contribution in [1.82, 2.24) is 0 Å². The minimum Gasteiger partial charge on any atom is -0.0988 e. The summed E-state index contributed by atoms with van der Waals surface area (Å²) in [6.45, 7) is 12.6. The van der Waals surface area contributed by atoms with Gasteiger partial charge < -0.3 is 0 Å². The van der Waals surface area contributed by atoms with Gasteiger partial charge in [-0.25, -0.2) is 0 Å². The molecule has 0 nitrogen and oxygen atoms in total. The zero-order valence-electron chi connectivity index (χ0n) is 11.3. The molecule has 0 aliphatic carbocycles. The summed E-state index contributed by atoms with van der Waals surface area (Å²) in [4.78, 5) is 1.32. The largest absolute Gasteiger partial charge is 0.0988 e. The zero-order valence-corrected chi connectivity index (χ0v) is 12.1. The van der Waals surface area contributed by atoms with Gasteiger partial charge in [0.15, 0.2) is 0 Å². The van der Waals surface area contributed by atoms with Gasteiger partial charge in [-0.1, -0.05) is 54.6 Å². The normalized spacial score (nSPS) is 31.9. The average molecular weight is 246 g/mol. The molecule has 92 valence electrons. The van der Waals surface area contributed by atoms with E-state index in [4.69, 9.17) is 0 Å². The van der Waals surface area contributed by atoms with Gasteiger partial charge >= 0.3 is 0 Å². The summed E-state index contributed by atoms with van der Waals surface area (Å²) in [6.07, 6.45) is 9.86. The molecule has 17 heavy (non-hydrogen) atoms. The molecule has 1 unspecified atom stereocenters. The number of hydrogen-bond acceptors (Lipinski definition) is 1. The lowest BCUT2D eigenvalue weighted by Crippen LogP contribution is -1.87. The predicted molar refractivity (Wildman–Crippen MR) is 80.9 cm³/mol. The van der Waals surface area contributed by atoms with Gasteiger partial charge in [0.05, 0.1) is 0 Å². The van der Waals surface area contributed by atoms with E-state index in [-0.39, 0.29) is 0 Å². The summed E-state index contributed by atoms with van der Waals surface area (Å²) in [5, 5.41) is 2.21. The van der Waals surface area contributed by atoms with Crippen molar-refractivity contribution in [2.75, 3.05) is 0 Å². The Kier molecular flexibility index (Phi) is 5.57. The van der Waals surface area contributed by atoms with E-state index in [2.05, 4.69) is 57.9 Å². The molecule has 1 aliphatic heterocycles. The van der Waals surface area contributed by atoms with Crippen LogP contribution in [0.5, 0.6) is 0 Å². The topological polar surface area (TPSA) is 0 Å². The molecule has 0 aromatic heterocycles. The van der Waals surface area contributed by atoms with Crippen molar-refractivity contribution >= 4 is 11.8 Å². The number of rotatable bonds is 2. The molecule has 1 atom stereocenters. The Morgan fingerprint density at radius 3 is 2.82 bits per heavy atom. The van der Waals surface area contributed by atoms with Crippen LogP contribution in [0.25, 0.3) is 0 Å². The molecule has 0 aromatic carbocycles. The van der Waals surface area contributed by atoms with Gasteiger partial charge in [0, 0.05) is 4.91 Å². The van der Waals surface area contributed by atoms with Gasteiger partial charge in [0.25, 0.3) is 0 Å². The standard InChI is InChI=1S/C16H22S/c1-6-12(2)11-16-15(5)14(4)8-7-13(3)9-10-17-16/h6,8-11,13H,1,7H2,2-5H3/b10-9+,12-11-,14-8+,16-15-. The minimum absolute atomic E-state index is 0.620. The van der Waals surface area contributed by atoms with Gasteiger partial charge in [-0.3, -0.25) is 0 Å². The van der Waals surface area contributed by atoms with Crippen molar-refractivity contribution in [2.24, 2.45) is 5.92 Å². The van der Waals surface area contributed by atoms with Crippen LogP contribution in [0.4, 0.5) is 0 Å². The lowest BCUT2D eigenvalue weighted by Gasteiger charge is -2.07. The maximum atomic E-state index is 3.81. The van der Waals surface area contributed by atoms with Crippen LogP contribution < -0.4 is 0 Å². The predicted octanol–water partition coefficient (Wildman–Crippen LogP) is 5.63. The van der Waals surface area contributed by atoms with Crippen LogP contribution in [0.2, 0.25) is 0 Å². The van der Waals surface area contributed by atoms with Crippen molar-refractivity contribution < 1.29 is 0 Å². The average Bonchev–Trinajstić information content (AvgIpc) is 2.37. The van der Waals surface area contributed by atoms with E-state index in [9.17, 15) is 0 Å². The molecular weight excluding hydrogens is 224 g/mol. The smallest absolute Gasteiger partial charge is 0.0150 e. The molecule has 1 aliphatic rings. The molecule has 0 radical (unpaired) electrons. The lowest BCUT2D eigenvalue weighted by molar-refractivity contribution is 0.743. The second kappa shape index (κ2) is 6.70. The maximum absolute atomic E-state index is 3.81. The highest BCUT2D eigenvalue weighted by atomic mass is 32.2. The van der Waals surface area contributed by atoms with Gasteiger partial charge in [0.2, 0.25) is 0 Å². The number of allylic oxidation sites excluding steroid dienone is 7. The first kappa shape index (κ1) is 14.1. The molecule has 1 heteroatoms. The van der Waals surface area contributed by atoms with Gasteiger partial charge in [-0.05, 0) is 50.2 Å². The van der Waals surface area contributed by atoms with Gasteiger partial charge in [-0.15, -0.1) is 0 Å². The Balaban J connectivity index is 3.13. The highest BCUT2D eigenvalue weighted by Crippen LogP contribution is 2.30. The van der Waals surface area contributed by atoms with E-state index >= 15 is 0 Å².